The molecule has 10 heteroatoms. The molecule has 2 atom stereocenters. The van der Waals surface area contributed by atoms with Crippen molar-refractivity contribution < 1.29 is 17.9 Å². The summed E-state index contributed by atoms with van der Waals surface area (Å²) in [6.45, 7) is 7.80. The first kappa shape index (κ1) is 24.4. The minimum atomic E-state index is -3.07. The molecule has 2 aliphatic heterocycles. The Bertz CT molecular complexity index is 1090. The van der Waals surface area contributed by atoms with Gasteiger partial charge in [-0.05, 0) is 25.8 Å². The van der Waals surface area contributed by atoms with Gasteiger partial charge in [0.05, 0.1) is 42.5 Å². The number of rotatable bonds is 8. The highest BCUT2D eigenvalue weighted by molar-refractivity contribution is 8.00. The number of hydrogen-bond acceptors (Lipinski definition) is 8. The summed E-state index contributed by atoms with van der Waals surface area (Å²) in [4.78, 5) is 26.9. The molecule has 180 valence electrons. The fourth-order valence-corrected chi connectivity index (χ4v) is 7.06. The number of carbonyl (C=O) groups excluding carboxylic acids is 1. The second-order valence-corrected chi connectivity index (χ2v) is 11.9. The largest absolute Gasteiger partial charge is 0.379 e. The second kappa shape index (κ2) is 10.7. The molecule has 1 aromatic carbocycles. The van der Waals surface area contributed by atoms with Crippen LogP contribution in [0.3, 0.4) is 0 Å². The number of nitrogens with zero attached hydrogens (tertiary/aromatic N) is 4. The van der Waals surface area contributed by atoms with E-state index in [1.165, 1.54) is 11.8 Å². The van der Waals surface area contributed by atoms with Crippen LogP contribution in [0.15, 0.2) is 29.3 Å². The van der Waals surface area contributed by atoms with Crippen LogP contribution in [0.5, 0.6) is 0 Å². The number of sulfone groups is 1. The van der Waals surface area contributed by atoms with E-state index in [1.54, 1.807) is 4.90 Å². The molecule has 0 radical (unpaired) electrons. The Morgan fingerprint density at radius 1 is 1.27 bits per heavy atom. The lowest BCUT2D eigenvalue weighted by Crippen LogP contribution is -2.47. The van der Waals surface area contributed by atoms with Crippen LogP contribution >= 0.6 is 11.8 Å². The quantitative estimate of drug-likeness (QED) is 0.410. The minimum Gasteiger partial charge on any atom is -0.379 e. The fraction of sp³-hybridized carbons (Fsp3) is 0.609. The van der Waals surface area contributed by atoms with Crippen LogP contribution in [0.1, 0.15) is 32.5 Å². The zero-order valence-electron chi connectivity index (χ0n) is 19.3. The first-order valence-corrected chi connectivity index (χ1v) is 14.4. The van der Waals surface area contributed by atoms with Gasteiger partial charge in [0, 0.05) is 30.6 Å². The minimum absolute atomic E-state index is 0.00424. The molecular weight excluding hydrogens is 460 g/mol. The number of aromatic nitrogens is 2. The summed E-state index contributed by atoms with van der Waals surface area (Å²) in [5.74, 6) is 1.15. The smallest absolute Gasteiger partial charge is 0.233 e. The lowest BCUT2D eigenvalue weighted by atomic mass is 10.1. The second-order valence-electron chi connectivity index (χ2n) is 8.75. The first-order valence-electron chi connectivity index (χ1n) is 11.6. The third-order valence-corrected chi connectivity index (χ3v) is 9.10. The average molecular weight is 493 g/mol. The highest BCUT2D eigenvalue weighted by Crippen LogP contribution is 2.28. The molecule has 2 aliphatic rings. The molecule has 1 amide bonds. The molecule has 8 nitrogen and oxygen atoms in total. The van der Waals surface area contributed by atoms with Gasteiger partial charge >= 0.3 is 0 Å². The van der Waals surface area contributed by atoms with E-state index in [9.17, 15) is 13.2 Å². The number of para-hydroxylation sites is 1. The van der Waals surface area contributed by atoms with Crippen LogP contribution in [-0.2, 0) is 25.9 Å². The van der Waals surface area contributed by atoms with Crippen molar-refractivity contribution in [3.8, 4) is 0 Å². The molecule has 1 aromatic heterocycles. The van der Waals surface area contributed by atoms with Gasteiger partial charge in [-0.1, -0.05) is 36.9 Å². The van der Waals surface area contributed by atoms with Gasteiger partial charge in [-0.2, -0.15) is 0 Å². The Hall–Kier alpha value is -1.75. The molecule has 2 unspecified atom stereocenters. The molecule has 2 saturated heterocycles. The standard InChI is InChI=1S/C23H32N4O4S2/c1-3-17(2)27(18-8-13-33(29,30)16-18)22(28)15-32-23-19-6-4-5-7-20(19)24-21(25-23)14-26-9-11-31-12-10-26/h4-7,17-18H,3,8-16H2,1-2H3. The maximum Gasteiger partial charge on any atom is 0.233 e. The van der Waals surface area contributed by atoms with Crippen LogP contribution < -0.4 is 0 Å². The lowest BCUT2D eigenvalue weighted by Gasteiger charge is -2.33. The van der Waals surface area contributed by atoms with E-state index in [2.05, 4.69) is 4.90 Å². The molecule has 0 aliphatic carbocycles. The van der Waals surface area contributed by atoms with Crippen molar-refractivity contribution in [1.29, 1.82) is 0 Å². The number of morpholine rings is 1. The van der Waals surface area contributed by atoms with Gasteiger partial charge in [0.2, 0.25) is 5.91 Å². The number of ether oxygens (including phenoxy) is 1. The lowest BCUT2D eigenvalue weighted by molar-refractivity contribution is -0.132. The molecule has 2 aromatic rings. The predicted molar refractivity (Wildman–Crippen MR) is 130 cm³/mol. The molecule has 33 heavy (non-hydrogen) atoms. The summed E-state index contributed by atoms with van der Waals surface area (Å²) < 4.78 is 29.5. The van der Waals surface area contributed by atoms with Gasteiger partial charge in [0.15, 0.2) is 9.84 Å². The van der Waals surface area contributed by atoms with E-state index in [4.69, 9.17) is 14.7 Å². The van der Waals surface area contributed by atoms with E-state index in [-0.39, 0.29) is 35.2 Å². The van der Waals surface area contributed by atoms with Crippen molar-refractivity contribution in [2.45, 2.75) is 50.3 Å². The van der Waals surface area contributed by atoms with E-state index in [0.29, 0.717) is 26.2 Å². The summed E-state index contributed by atoms with van der Waals surface area (Å²) >= 11 is 1.41. The highest BCUT2D eigenvalue weighted by Gasteiger charge is 2.36. The Balaban J connectivity index is 1.52. The third-order valence-electron chi connectivity index (χ3n) is 6.37. The fourth-order valence-electron chi connectivity index (χ4n) is 4.44. The summed E-state index contributed by atoms with van der Waals surface area (Å²) in [7, 11) is -3.07. The average Bonchev–Trinajstić information content (AvgIpc) is 3.17. The van der Waals surface area contributed by atoms with Crippen molar-refractivity contribution in [2.24, 2.45) is 0 Å². The first-order chi connectivity index (χ1) is 15.9. The predicted octanol–water partition coefficient (Wildman–Crippen LogP) is 2.37. The van der Waals surface area contributed by atoms with Crippen molar-refractivity contribution >= 4 is 38.4 Å². The van der Waals surface area contributed by atoms with Crippen molar-refractivity contribution in [3.63, 3.8) is 0 Å². The van der Waals surface area contributed by atoms with Crippen molar-refractivity contribution in [1.82, 2.24) is 19.8 Å². The molecule has 0 spiro atoms. The van der Waals surface area contributed by atoms with E-state index < -0.39 is 9.84 Å². The van der Waals surface area contributed by atoms with E-state index in [0.717, 1.165) is 41.3 Å². The van der Waals surface area contributed by atoms with Gasteiger partial charge in [-0.25, -0.2) is 18.4 Å². The van der Waals surface area contributed by atoms with Gasteiger partial charge in [0.1, 0.15) is 10.9 Å². The Labute approximate surface area is 200 Å². The maximum atomic E-state index is 13.3. The SMILES string of the molecule is CCC(C)N(C(=O)CSc1nc(CN2CCOCC2)nc2ccccc12)C1CCS(=O)(=O)C1. The number of benzene rings is 1. The molecular formula is C23H32N4O4S2. The van der Waals surface area contributed by atoms with Gasteiger partial charge in [-0.15, -0.1) is 0 Å². The number of amides is 1. The van der Waals surface area contributed by atoms with Crippen LogP contribution in [0.4, 0.5) is 0 Å². The molecule has 0 saturated carbocycles. The van der Waals surface area contributed by atoms with Gasteiger partial charge in [0.25, 0.3) is 0 Å². The zero-order valence-corrected chi connectivity index (χ0v) is 20.9. The number of fused-ring (bicyclic) bond motifs is 1. The Morgan fingerprint density at radius 3 is 2.73 bits per heavy atom. The van der Waals surface area contributed by atoms with E-state index in [1.807, 2.05) is 38.1 Å². The van der Waals surface area contributed by atoms with Crippen LogP contribution in [0.2, 0.25) is 0 Å². The van der Waals surface area contributed by atoms with Gasteiger partial charge in [-0.3, -0.25) is 9.69 Å². The number of hydrogen-bond donors (Lipinski definition) is 0. The number of carbonyl (C=O) groups is 1. The number of thioether (sulfide) groups is 1. The Morgan fingerprint density at radius 2 is 2.03 bits per heavy atom. The topological polar surface area (TPSA) is 92.7 Å². The van der Waals surface area contributed by atoms with Gasteiger partial charge < -0.3 is 9.64 Å². The monoisotopic (exact) mass is 492 g/mol. The molecule has 0 N–H and O–H groups in total. The summed E-state index contributed by atoms with van der Waals surface area (Å²) in [5.41, 5.74) is 0.867. The van der Waals surface area contributed by atoms with E-state index >= 15 is 0 Å². The van der Waals surface area contributed by atoms with Crippen LogP contribution in [0, 0.1) is 0 Å². The van der Waals surface area contributed by atoms with Crippen LogP contribution in [0.25, 0.3) is 10.9 Å². The molecule has 0 bridgehead atoms. The highest BCUT2D eigenvalue weighted by atomic mass is 32.2. The maximum absolute atomic E-state index is 13.3. The molecule has 2 fully saturated rings. The third kappa shape index (κ3) is 6.03. The van der Waals surface area contributed by atoms with Crippen LogP contribution in [-0.4, -0.2) is 89.7 Å². The summed E-state index contributed by atoms with van der Waals surface area (Å²) in [6.07, 6.45) is 1.30. The molecule has 4 rings (SSSR count). The summed E-state index contributed by atoms with van der Waals surface area (Å²) in [6, 6.07) is 7.62. The van der Waals surface area contributed by atoms with Crippen molar-refractivity contribution in [3.05, 3.63) is 30.1 Å². The Kier molecular flexibility index (Phi) is 7.88. The zero-order chi connectivity index (χ0) is 23.4. The van der Waals surface area contributed by atoms with Crippen molar-refractivity contribution in [2.75, 3.05) is 43.6 Å². The summed E-state index contributed by atoms with van der Waals surface area (Å²) in [5, 5.41) is 1.72. The molecule has 3 heterocycles. The normalized spacial score (nSPS) is 21.8.